The van der Waals surface area contributed by atoms with E-state index in [-0.39, 0.29) is 0 Å². The molecule has 1 saturated carbocycles. The SMILES string of the molecule is CCCNC(c1ccnn1-c1ccccc1)C1(C)CC1. The van der Waals surface area contributed by atoms with Gasteiger partial charge in [-0.3, -0.25) is 0 Å². The molecule has 1 N–H and O–H groups in total. The zero-order valence-corrected chi connectivity index (χ0v) is 12.3. The maximum absolute atomic E-state index is 4.53. The van der Waals surface area contributed by atoms with Crippen LogP contribution in [-0.2, 0) is 0 Å². The molecule has 3 heteroatoms. The maximum atomic E-state index is 4.53. The van der Waals surface area contributed by atoms with Crippen LogP contribution in [0.15, 0.2) is 42.6 Å². The second kappa shape index (κ2) is 5.41. The summed E-state index contributed by atoms with van der Waals surface area (Å²) in [4.78, 5) is 0. The first-order valence-corrected chi connectivity index (χ1v) is 7.57. The third-order valence-electron chi connectivity index (χ3n) is 4.30. The van der Waals surface area contributed by atoms with Crippen molar-refractivity contribution in [2.24, 2.45) is 5.41 Å². The van der Waals surface area contributed by atoms with E-state index in [4.69, 9.17) is 0 Å². The Balaban J connectivity index is 1.94. The van der Waals surface area contributed by atoms with Crippen molar-refractivity contribution in [3.05, 3.63) is 48.3 Å². The molecule has 0 saturated heterocycles. The highest BCUT2D eigenvalue weighted by atomic mass is 15.3. The zero-order chi connectivity index (χ0) is 14.0. The molecule has 1 unspecified atom stereocenters. The fourth-order valence-electron chi connectivity index (χ4n) is 2.80. The van der Waals surface area contributed by atoms with E-state index in [1.807, 2.05) is 12.3 Å². The van der Waals surface area contributed by atoms with Gasteiger partial charge in [0.25, 0.3) is 0 Å². The summed E-state index contributed by atoms with van der Waals surface area (Å²) < 4.78 is 2.08. The lowest BCUT2D eigenvalue weighted by Gasteiger charge is -2.26. The van der Waals surface area contributed by atoms with Crippen molar-refractivity contribution < 1.29 is 0 Å². The van der Waals surface area contributed by atoms with Crippen LogP contribution in [0.4, 0.5) is 0 Å². The average Bonchev–Trinajstić information content (AvgIpc) is 3.04. The number of aromatic nitrogens is 2. The summed E-state index contributed by atoms with van der Waals surface area (Å²) in [5.74, 6) is 0. The third kappa shape index (κ3) is 2.50. The van der Waals surface area contributed by atoms with Crippen molar-refractivity contribution in [3.8, 4) is 5.69 Å². The number of nitrogens with one attached hydrogen (secondary N) is 1. The molecule has 20 heavy (non-hydrogen) atoms. The fraction of sp³-hybridized carbons (Fsp3) is 0.471. The number of rotatable bonds is 6. The molecular weight excluding hydrogens is 246 g/mol. The van der Waals surface area contributed by atoms with Crippen molar-refractivity contribution in [1.82, 2.24) is 15.1 Å². The molecule has 0 spiro atoms. The van der Waals surface area contributed by atoms with Gasteiger partial charge < -0.3 is 5.32 Å². The van der Waals surface area contributed by atoms with Gasteiger partial charge in [0.1, 0.15) is 0 Å². The minimum absolute atomic E-state index is 0.391. The van der Waals surface area contributed by atoms with Gasteiger partial charge >= 0.3 is 0 Å². The molecule has 3 nitrogen and oxygen atoms in total. The lowest BCUT2D eigenvalue weighted by Crippen LogP contribution is -2.30. The molecule has 0 amide bonds. The van der Waals surface area contributed by atoms with Crippen molar-refractivity contribution >= 4 is 0 Å². The summed E-state index contributed by atoms with van der Waals surface area (Å²) >= 11 is 0. The summed E-state index contributed by atoms with van der Waals surface area (Å²) in [7, 11) is 0. The Bertz CT molecular complexity index is 555. The molecule has 1 aliphatic rings. The number of hydrogen-bond acceptors (Lipinski definition) is 2. The van der Waals surface area contributed by atoms with E-state index in [2.05, 4.69) is 59.3 Å². The Morgan fingerprint density at radius 2 is 2.00 bits per heavy atom. The van der Waals surface area contributed by atoms with Crippen LogP contribution in [0.25, 0.3) is 5.69 Å². The molecule has 1 aliphatic carbocycles. The van der Waals surface area contributed by atoms with Crippen LogP contribution in [0.3, 0.4) is 0 Å². The lowest BCUT2D eigenvalue weighted by atomic mass is 9.95. The highest BCUT2D eigenvalue weighted by Gasteiger charge is 2.46. The van der Waals surface area contributed by atoms with Crippen LogP contribution in [0.2, 0.25) is 0 Å². The van der Waals surface area contributed by atoms with E-state index in [0.29, 0.717) is 11.5 Å². The van der Waals surface area contributed by atoms with Gasteiger partial charge in [0.15, 0.2) is 0 Å². The lowest BCUT2D eigenvalue weighted by molar-refractivity contribution is 0.353. The van der Waals surface area contributed by atoms with Crippen LogP contribution in [0.1, 0.15) is 44.8 Å². The summed E-state index contributed by atoms with van der Waals surface area (Å²) in [6.07, 6.45) is 5.67. The van der Waals surface area contributed by atoms with Crippen LogP contribution >= 0.6 is 0 Å². The highest BCUT2D eigenvalue weighted by molar-refractivity contribution is 5.34. The Morgan fingerprint density at radius 1 is 1.25 bits per heavy atom. The number of para-hydroxylation sites is 1. The van der Waals surface area contributed by atoms with Gasteiger partial charge in [-0.05, 0) is 49.4 Å². The van der Waals surface area contributed by atoms with Gasteiger partial charge in [-0.15, -0.1) is 0 Å². The second-order valence-electron chi connectivity index (χ2n) is 6.04. The summed E-state index contributed by atoms with van der Waals surface area (Å²) in [5.41, 5.74) is 2.81. The summed E-state index contributed by atoms with van der Waals surface area (Å²) in [6, 6.07) is 12.9. The molecular formula is C17H23N3. The summed E-state index contributed by atoms with van der Waals surface area (Å²) in [5, 5.41) is 8.26. The normalized spacial score (nSPS) is 17.9. The van der Waals surface area contributed by atoms with Crippen molar-refractivity contribution in [3.63, 3.8) is 0 Å². The number of hydrogen-bond donors (Lipinski definition) is 1. The van der Waals surface area contributed by atoms with Crippen LogP contribution in [0, 0.1) is 5.41 Å². The Morgan fingerprint density at radius 3 is 2.65 bits per heavy atom. The molecule has 0 radical (unpaired) electrons. The summed E-state index contributed by atoms with van der Waals surface area (Å²) in [6.45, 7) is 5.65. The smallest absolute Gasteiger partial charge is 0.0649 e. The molecule has 1 aromatic heterocycles. The second-order valence-corrected chi connectivity index (χ2v) is 6.04. The molecule has 1 aromatic carbocycles. The first-order chi connectivity index (χ1) is 9.74. The van der Waals surface area contributed by atoms with E-state index in [1.54, 1.807) is 0 Å². The molecule has 1 atom stereocenters. The van der Waals surface area contributed by atoms with Crippen molar-refractivity contribution in [2.75, 3.05) is 6.54 Å². The van der Waals surface area contributed by atoms with E-state index >= 15 is 0 Å². The molecule has 1 heterocycles. The topological polar surface area (TPSA) is 29.9 Å². The minimum atomic E-state index is 0.391. The van der Waals surface area contributed by atoms with Gasteiger partial charge in [0, 0.05) is 6.20 Å². The van der Waals surface area contributed by atoms with E-state index in [9.17, 15) is 0 Å². The first-order valence-electron chi connectivity index (χ1n) is 7.57. The van der Waals surface area contributed by atoms with E-state index < -0.39 is 0 Å². The van der Waals surface area contributed by atoms with Gasteiger partial charge in [0.05, 0.1) is 17.4 Å². The molecule has 106 valence electrons. The van der Waals surface area contributed by atoms with Crippen LogP contribution in [0.5, 0.6) is 0 Å². The number of benzene rings is 1. The van der Waals surface area contributed by atoms with Crippen molar-refractivity contribution in [2.45, 2.75) is 39.2 Å². The highest BCUT2D eigenvalue weighted by Crippen LogP contribution is 2.54. The zero-order valence-electron chi connectivity index (χ0n) is 12.3. The standard InChI is InChI=1S/C17H23N3/c1-3-12-18-16(17(2)10-11-17)15-9-13-19-20(15)14-7-5-4-6-8-14/h4-9,13,16,18H,3,10-12H2,1-2H3. The minimum Gasteiger partial charge on any atom is -0.308 e. The monoisotopic (exact) mass is 269 g/mol. The predicted octanol–water partition coefficient (Wildman–Crippen LogP) is 3.71. The van der Waals surface area contributed by atoms with Gasteiger partial charge in [-0.2, -0.15) is 5.10 Å². The molecule has 1 fully saturated rings. The van der Waals surface area contributed by atoms with Gasteiger partial charge in [-0.25, -0.2) is 4.68 Å². The first kappa shape index (κ1) is 13.4. The molecule has 0 bridgehead atoms. The molecule has 2 aromatic rings. The quantitative estimate of drug-likeness (QED) is 0.866. The average molecular weight is 269 g/mol. The van der Waals surface area contributed by atoms with Gasteiger partial charge in [0.2, 0.25) is 0 Å². The van der Waals surface area contributed by atoms with Crippen molar-refractivity contribution in [1.29, 1.82) is 0 Å². The van der Waals surface area contributed by atoms with E-state index in [1.165, 1.54) is 18.5 Å². The van der Waals surface area contributed by atoms with Gasteiger partial charge in [-0.1, -0.05) is 32.0 Å². The third-order valence-corrected chi connectivity index (χ3v) is 4.30. The maximum Gasteiger partial charge on any atom is 0.0649 e. The molecule has 3 rings (SSSR count). The Hall–Kier alpha value is -1.61. The Kier molecular flexibility index (Phi) is 3.62. The Labute approximate surface area is 121 Å². The predicted molar refractivity (Wildman–Crippen MR) is 81.9 cm³/mol. The van der Waals surface area contributed by atoms with E-state index in [0.717, 1.165) is 18.7 Å². The largest absolute Gasteiger partial charge is 0.308 e. The van der Waals surface area contributed by atoms with Crippen LogP contribution < -0.4 is 5.32 Å². The fourth-order valence-corrected chi connectivity index (χ4v) is 2.80. The molecule has 0 aliphatic heterocycles. The number of nitrogens with zero attached hydrogens (tertiary/aromatic N) is 2. The van der Waals surface area contributed by atoms with Crippen LogP contribution in [-0.4, -0.2) is 16.3 Å².